The van der Waals surface area contributed by atoms with E-state index in [9.17, 15) is 9.18 Å². The molecule has 0 spiro atoms. The summed E-state index contributed by atoms with van der Waals surface area (Å²) in [6.07, 6.45) is 2.20. The van der Waals surface area contributed by atoms with Gasteiger partial charge in [0.1, 0.15) is 23.0 Å². The molecule has 3 heterocycles. The number of rotatable bonds is 6. The minimum absolute atomic E-state index is 0.178. The van der Waals surface area contributed by atoms with E-state index in [0.717, 1.165) is 0 Å². The fourth-order valence-corrected chi connectivity index (χ4v) is 2.68. The van der Waals surface area contributed by atoms with Gasteiger partial charge in [0.05, 0.1) is 5.56 Å². The fourth-order valence-electron chi connectivity index (χ4n) is 2.68. The molecule has 0 fully saturated rings. The van der Waals surface area contributed by atoms with Crippen molar-refractivity contribution in [1.82, 2.24) is 20.2 Å². The minimum atomic E-state index is -0.352. The third-order valence-electron chi connectivity index (χ3n) is 4.04. The molecule has 3 aromatic heterocycles. The normalized spacial score (nSPS) is 10.8. The minimum Gasteiger partial charge on any atom is -0.461 e. The highest BCUT2D eigenvalue weighted by molar-refractivity contribution is 5.89. The Morgan fingerprint density at radius 1 is 1.11 bits per heavy atom. The maximum absolute atomic E-state index is 13.8. The van der Waals surface area contributed by atoms with Gasteiger partial charge in [-0.05, 0) is 36.4 Å². The van der Waals surface area contributed by atoms with Gasteiger partial charge in [-0.2, -0.15) is 4.98 Å². The van der Waals surface area contributed by atoms with Crippen molar-refractivity contribution in [3.63, 3.8) is 0 Å². The van der Waals surface area contributed by atoms with Crippen LogP contribution in [-0.4, -0.2) is 26.1 Å². The quantitative estimate of drug-likeness (QED) is 0.532. The number of aryl methyl sites for hydroxylation is 1. The molecule has 2 N–H and O–H groups in total. The Kier molecular flexibility index (Phi) is 4.92. The number of halogens is 1. The Morgan fingerprint density at radius 3 is 2.79 bits per heavy atom. The van der Waals surface area contributed by atoms with Crippen molar-refractivity contribution in [2.45, 2.75) is 12.8 Å². The molecule has 0 saturated carbocycles. The zero-order chi connectivity index (χ0) is 19.3. The van der Waals surface area contributed by atoms with Gasteiger partial charge in [-0.3, -0.25) is 20.2 Å². The molecule has 7 nitrogen and oxygen atoms in total. The van der Waals surface area contributed by atoms with Crippen molar-refractivity contribution in [3.8, 4) is 22.8 Å². The molecule has 0 aliphatic heterocycles. The second-order valence-electron chi connectivity index (χ2n) is 6.02. The smallest absolute Gasteiger partial charge is 0.249 e. The summed E-state index contributed by atoms with van der Waals surface area (Å²) in [5.41, 5.74) is 1.02. The van der Waals surface area contributed by atoms with Gasteiger partial charge in [0.25, 0.3) is 0 Å². The number of nitrogens with zero attached hydrogens (tertiary/aromatic N) is 3. The number of hydrogen-bond donors (Lipinski definition) is 2. The highest BCUT2D eigenvalue weighted by Gasteiger charge is 2.12. The summed E-state index contributed by atoms with van der Waals surface area (Å²) in [6.45, 7) is 0. The van der Waals surface area contributed by atoms with Crippen LogP contribution in [0.3, 0.4) is 0 Å². The van der Waals surface area contributed by atoms with Gasteiger partial charge >= 0.3 is 0 Å². The molecule has 0 aliphatic rings. The molecule has 0 aliphatic carbocycles. The van der Waals surface area contributed by atoms with Gasteiger partial charge in [0.2, 0.25) is 11.9 Å². The van der Waals surface area contributed by atoms with Crippen molar-refractivity contribution >= 4 is 11.9 Å². The van der Waals surface area contributed by atoms with Crippen molar-refractivity contribution in [3.05, 3.63) is 72.4 Å². The number of carbonyl (C=O) groups is 1. The molecular formula is C20H16FN5O2. The van der Waals surface area contributed by atoms with E-state index in [4.69, 9.17) is 4.42 Å². The number of carbonyl (C=O) groups excluding carboxylic acids is 1. The van der Waals surface area contributed by atoms with Crippen LogP contribution >= 0.6 is 0 Å². The Bertz CT molecular complexity index is 1090. The zero-order valence-electron chi connectivity index (χ0n) is 14.7. The molecule has 4 rings (SSSR count). The number of benzene rings is 1. The Labute approximate surface area is 159 Å². The molecule has 0 saturated heterocycles. The molecule has 1 amide bonds. The van der Waals surface area contributed by atoms with E-state index in [0.29, 0.717) is 35.0 Å². The number of aromatic nitrogens is 4. The molecule has 140 valence electrons. The maximum Gasteiger partial charge on any atom is 0.249 e. The topological polar surface area (TPSA) is 96.7 Å². The van der Waals surface area contributed by atoms with Crippen LogP contribution in [0, 0.1) is 5.82 Å². The standard InChI is InChI=1S/C20H16FN5O2/c21-15-6-2-1-5-14(15)17-10-8-13(28-17)9-11-18(27)23-20-24-19(25-26-20)16-7-3-4-12-22-16/h1-8,10,12H,9,11H2,(H2,23,24,25,26,27). The molecular weight excluding hydrogens is 361 g/mol. The summed E-state index contributed by atoms with van der Waals surface area (Å²) in [4.78, 5) is 20.5. The summed E-state index contributed by atoms with van der Waals surface area (Å²) in [5, 5.41) is 9.33. The second-order valence-corrected chi connectivity index (χ2v) is 6.02. The molecule has 0 atom stereocenters. The highest BCUT2D eigenvalue weighted by atomic mass is 19.1. The van der Waals surface area contributed by atoms with Gasteiger partial charge in [-0.1, -0.05) is 18.2 Å². The first-order valence-corrected chi connectivity index (χ1v) is 8.66. The van der Waals surface area contributed by atoms with Gasteiger partial charge in [0, 0.05) is 19.0 Å². The molecule has 0 radical (unpaired) electrons. The number of nitrogens with one attached hydrogen (secondary N) is 2. The summed E-state index contributed by atoms with van der Waals surface area (Å²) in [7, 11) is 0. The zero-order valence-corrected chi connectivity index (χ0v) is 14.7. The number of H-pyrrole nitrogens is 1. The fraction of sp³-hybridized carbons (Fsp3) is 0.100. The number of hydrogen-bond acceptors (Lipinski definition) is 5. The molecule has 0 unspecified atom stereocenters. The first-order chi connectivity index (χ1) is 13.7. The van der Waals surface area contributed by atoms with Crippen LogP contribution in [0.1, 0.15) is 12.2 Å². The van der Waals surface area contributed by atoms with Crippen molar-refractivity contribution < 1.29 is 13.6 Å². The molecule has 1 aromatic carbocycles. The number of pyridine rings is 1. The summed E-state index contributed by atoms with van der Waals surface area (Å²) in [6, 6.07) is 15.2. The molecule has 0 bridgehead atoms. The van der Waals surface area contributed by atoms with Gasteiger partial charge in [-0.15, -0.1) is 5.10 Å². The maximum atomic E-state index is 13.8. The Morgan fingerprint density at radius 2 is 1.96 bits per heavy atom. The second kappa shape index (κ2) is 7.83. The van der Waals surface area contributed by atoms with Crippen LogP contribution < -0.4 is 5.32 Å². The third kappa shape index (κ3) is 3.96. The molecule has 28 heavy (non-hydrogen) atoms. The van der Waals surface area contributed by atoms with Gasteiger partial charge in [0.15, 0.2) is 5.82 Å². The summed E-state index contributed by atoms with van der Waals surface area (Å²) < 4.78 is 19.5. The SMILES string of the molecule is O=C(CCc1ccc(-c2ccccc2F)o1)Nc1n[nH]c(-c2ccccn2)n1. The van der Waals surface area contributed by atoms with Crippen LogP contribution in [0.5, 0.6) is 0 Å². The Balaban J connectivity index is 1.34. The van der Waals surface area contributed by atoms with Crippen LogP contribution in [0.4, 0.5) is 10.3 Å². The first kappa shape index (κ1) is 17.6. The highest BCUT2D eigenvalue weighted by Crippen LogP contribution is 2.25. The lowest BCUT2D eigenvalue weighted by Gasteiger charge is -2.00. The van der Waals surface area contributed by atoms with E-state index in [-0.39, 0.29) is 24.1 Å². The number of aromatic amines is 1. The van der Waals surface area contributed by atoms with Crippen LogP contribution in [0.15, 0.2) is 65.2 Å². The summed E-state index contributed by atoms with van der Waals surface area (Å²) >= 11 is 0. The first-order valence-electron chi connectivity index (χ1n) is 8.66. The largest absolute Gasteiger partial charge is 0.461 e. The van der Waals surface area contributed by atoms with Crippen LogP contribution in [-0.2, 0) is 11.2 Å². The third-order valence-corrected chi connectivity index (χ3v) is 4.04. The van der Waals surface area contributed by atoms with E-state index in [2.05, 4.69) is 25.5 Å². The predicted octanol–water partition coefficient (Wildman–Crippen LogP) is 3.84. The van der Waals surface area contributed by atoms with E-state index >= 15 is 0 Å². The van der Waals surface area contributed by atoms with Gasteiger partial charge < -0.3 is 4.42 Å². The summed E-state index contributed by atoms with van der Waals surface area (Å²) in [5.74, 6) is 1.07. The lowest BCUT2D eigenvalue weighted by atomic mass is 10.1. The number of furan rings is 1. The molecule has 8 heteroatoms. The van der Waals surface area contributed by atoms with Crippen LogP contribution in [0.2, 0.25) is 0 Å². The molecule has 4 aromatic rings. The van der Waals surface area contributed by atoms with E-state index in [1.807, 2.05) is 6.07 Å². The van der Waals surface area contributed by atoms with Crippen molar-refractivity contribution in [1.29, 1.82) is 0 Å². The Hall–Kier alpha value is -3.81. The number of amides is 1. The number of anilines is 1. The van der Waals surface area contributed by atoms with Crippen molar-refractivity contribution in [2.75, 3.05) is 5.32 Å². The lowest BCUT2D eigenvalue weighted by molar-refractivity contribution is -0.116. The van der Waals surface area contributed by atoms with Crippen LogP contribution in [0.25, 0.3) is 22.8 Å². The van der Waals surface area contributed by atoms with Crippen molar-refractivity contribution in [2.24, 2.45) is 0 Å². The van der Waals surface area contributed by atoms with E-state index in [1.54, 1.807) is 48.7 Å². The lowest BCUT2D eigenvalue weighted by Crippen LogP contribution is -2.13. The monoisotopic (exact) mass is 377 g/mol. The van der Waals surface area contributed by atoms with E-state index < -0.39 is 0 Å². The predicted molar refractivity (Wildman–Crippen MR) is 101 cm³/mol. The van der Waals surface area contributed by atoms with Gasteiger partial charge in [-0.25, -0.2) is 4.39 Å². The average Bonchev–Trinajstić information content (AvgIpc) is 3.37. The average molecular weight is 377 g/mol. The van der Waals surface area contributed by atoms with E-state index in [1.165, 1.54) is 6.07 Å².